The van der Waals surface area contributed by atoms with Crippen molar-refractivity contribution in [3.63, 3.8) is 0 Å². The largest absolute Gasteiger partial charge is 0.278 e. The smallest absolute Gasteiger partial charge is 0.261 e. The maximum atomic E-state index is 12.4. The van der Waals surface area contributed by atoms with Crippen LogP contribution in [-0.4, -0.2) is 8.42 Å². The van der Waals surface area contributed by atoms with Gasteiger partial charge < -0.3 is 0 Å². The van der Waals surface area contributed by atoms with Gasteiger partial charge in [0.2, 0.25) is 0 Å². The molecule has 0 bridgehead atoms. The summed E-state index contributed by atoms with van der Waals surface area (Å²) in [5.74, 6) is 0. The Morgan fingerprint density at radius 1 is 1.10 bits per heavy atom. The van der Waals surface area contributed by atoms with Gasteiger partial charge >= 0.3 is 0 Å². The summed E-state index contributed by atoms with van der Waals surface area (Å²) >= 11 is 3.41. The molecule has 0 atom stereocenters. The van der Waals surface area contributed by atoms with Crippen molar-refractivity contribution in [2.24, 2.45) is 0 Å². The zero-order valence-corrected chi connectivity index (χ0v) is 14.5. The van der Waals surface area contributed by atoms with Gasteiger partial charge in [-0.3, -0.25) is 4.72 Å². The van der Waals surface area contributed by atoms with Crippen LogP contribution in [0.15, 0.2) is 51.8 Å². The lowest BCUT2D eigenvalue weighted by Gasteiger charge is -2.11. The summed E-state index contributed by atoms with van der Waals surface area (Å²) in [4.78, 5) is 0.274. The van der Waals surface area contributed by atoms with Crippen LogP contribution < -0.4 is 4.72 Å². The molecule has 0 radical (unpaired) electrons. The first-order valence-corrected chi connectivity index (χ1v) is 9.08. The third kappa shape index (κ3) is 3.86. The molecule has 2 rings (SSSR count). The molecule has 21 heavy (non-hydrogen) atoms. The number of sulfonamides is 1. The van der Waals surface area contributed by atoms with Crippen LogP contribution in [0.5, 0.6) is 0 Å². The Labute approximate surface area is 134 Å². The van der Waals surface area contributed by atoms with E-state index in [2.05, 4.69) is 27.6 Å². The van der Waals surface area contributed by atoms with E-state index in [-0.39, 0.29) is 4.90 Å². The molecule has 0 saturated heterocycles. The van der Waals surface area contributed by atoms with E-state index < -0.39 is 10.0 Å². The molecule has 2 aromatic carbocycles. The number of rotatable bonds is 5. The molecule has 0 heterocycles. The van der Waals surface area contributed by atoms with E-state index >= 15 is 0 Å². The molecule has 0 spiro atoms. The Kier molecular flexibility index (Phi) is 5.06. The van der Waals surface area contributed by atoms with Gasteiger partial charge in [0.25, 0.3) is 10.0 Å². The molecule has 5 heteroatoms. The second-order valence-electron chi connectivity index (χ2n) is 4.94. The van der Waals surface area contributed by atoms with Gasteiger partial charge in [-0.2, -0.15) is 0 Å². The minimum absolute atomic E-state index is 0.274. The van der Waals surface area contributed by atoms with Crippen molar-refractivity contribution in [3.8, 4) is 0 Å². The molecule has 0 aromatic heterocycles. The van der Waals surface area contributed by atoms with Crippen molar-refractivity contribution >= 4 is 31.6 Å². The van der Waals surface area contributed by atoms with Gasteiger partial charge in [-0.25, -0.2) is 8.42 Å². The molecular weight excluding hydrogens is 350 g/mol. The van der Waals surface area contributed by atoms with Crippen molar-refractivity contribution in [1.82, 2.24) is 0 Å². The second kappa shape index (κ2) is 6.62. The highest BCUT2D eigenvalue weighted by Crippen LogP contribution is 2.28. The van der Waals surface area contributed by atoms with Crippen molar-refractivity contribution in [2.75, 3.05) is 4.72 Å². The molecule has 112 valence electrons. The average molecular weight is 368 g/mol. The van der Waals surface area contributed by atoms with Gasteiger partial charge in [0.15, 0.2) is 0 Å². The first-order chi connectivity index (χ1) is 9.94. The fourth-order valence-corrected chi connectivity index (χ4v) is 3.62. The van der Waals surface area contributed by atoms with Crippen LogP contribution in [0.2, 0.25) is 0 Å². The van der Waals surface area contributed by atoms with Crippen LogP contribution in [0.25, 0.3) is 0 Å². The van der Waals surface area contributed by atoms with E-state index in [0.717, 1.165) is 28.4 Å². The maximum Gasteiger partial charge on any atom is 0.261 e. The van der Waals surface area contributed by atoms with E-state index in [0.29, 0.717) is 5.69 Å². The molecule has 2 aromatic rings. The zero-order chi connectivity index (χ0) is 15.5. The first-order valence-electron chi connectivity index (χ1n) is 6.81. The van der Waals surface area contributed by atoms with Crippen molar-refractivity contribution < 1.29 is 8.42 Å². The van der Waals surface area contributed by atoms with Crippen LogP contribution >= 0.6 is 15.9 Å². The van der Waals surface area contributed by atoms with Gasteiger partial charge in [-0.15, -0.1) is 0 Å². The third-order valence-electron chi connectivity index (χ3n) is 3.21. The Morgan fingerprint density at radius 2 is 1.76 bits per heavy atom. The van der Waals surface area contributed by atoms with Crippen LogP contribution in [-0.2, 0) is 16.4 Å². The van der Waals surface area contributed by atoms with Gasteiger partial charge in [0.05, 0.1) is 10.6 Å². The number of anilines is 1. The molecule has 0 saturated carbocycles. The number of nitrogens with one attached hydrogen (secondary N) is 1. The number of halogens is 1. The highest BCUT2D eigenvalue weighted by molar-refractivity contribution is 9.10. The lowest BCUT2D eigenvalue weighted by atomic mass is 10.1. The SMILES string of the molecule is CCCc1ccc(S(=O)(=O)Nc2cccc(C)c2Br)cc1. The predicted octanol–water partition coefficient (Wildman–Crippen LogP) is 4.51. The van der Waals surface area contributed by atoms with Gasteiger partial charge in [-0.1, -0.05) is 37.6 Å². The summed E-state index contributed by atoms with van der Waals surface area (Å²) in [7, 11) is -3.56. The fourth-order valence-electron chi connectivity index (χ4n) is 2.05. The highest BCUT2D eigenvalue weighted by atomic mass is 79.9. The number of benzene rings is 2. The normalized spacial score (nSPS) is 11.4. The summed E-state index contributed by atoms with van der Waals surface area (Å²) in [5.41, 5.74) is 2.68. The van der Waals surface area contributed by atoms with Crippen LogP contribution in [0.3, 0.4) is 0 Å². The molecule has 0 aliphatic rings. The van der Waals surface area contributed by atoms with Gasteiger partial charge in [0, 0.05) is 4.47 Å². The molecule has 0 aliphatic carbocycles. The fraction of sp³-hybridized carbons (Fsp3) is 0.250. The molecule has 0 unspecified atom stereocenters. The zero-order valence-electron chi connectivity index (χ0n) is 12.1. The average Bonchev–Trinajstić information content (AvgIpc) is 2.45. The highest BCUT2D eigenvalue weighted by Gasteiger charge is 2.15. The minimum atomic E-state index is -3.56. The second-order valence-corrected chi connectivity index (χ2v) is 7.41. The standard InChI is InChI=1S/C16H18BrNO2S/c1-3-5-13-8-10-14(11-9-13)21(19,20)18-15-7-4-6-12(2)16(15)17/h4,6-11,18H,3,5H2,1-2H3. The Morgan fingerprint density at radius 3 is 2.38 bits per heavy atom. The molecule has 1 N–H and O–H groups in total. The Hall–Kier alpha value is -1.33. The number of hydrogen-bond acceptors (Lipinski definition) is 2. The summed E-state index contributed by atoms with van der Waals surface area (Å²) < 4.78 is 28.2. The van der Waals surface area contributed by atoms with E-state index in [1.54, 1.807) is 18.2 Å². The molecule has 0 amide bonds. The van der Waals surface area contributed by atoms with Crippen molar-refractivity contribution in [1.29, 1.82) is 0 Å². The molecule has 3 nitrogen and oxygen atoms in total. The minimum Gasteiger partial charge on any atom is -0.278 e. The molecular formula is C16H18BrNO2S. The quantitative estimate of drug-likeness (QED) is 0.844. The third-order valence-corrected chi connectivity index (χ3v) is 5.64. The molecule has 0 aliphatic heterocycles. The molecule has 0 fully saturated rings. The predicted molar refractivity (Wildman–Crippen MR) is 90.1 cm³/mol. The Balaban J connectivity index is 2.27. The van der Waals surface area contributed by atoms with Crippen molar-refractivity contribution in [2.45, 2.75) is 31.6 Å². The van der Waals surface area contributed by atoms with Gasteiger partial charge in [-0.05, 0) is 58.6 Å². The first kappa shape index (κ1) is 16.0. The number of hydrogen-bond donors (Lipinski definition) is 1. The summed E-state index contributed by atoms with van der Waals surface area (Å²) in [6, 6.07) is 12.5. The lowest BCUT2D eigenvalue weighted by Crippen LogP contribution is -2.13. The lowest BCUT2D eigenvalue weighted by molar-refractivity contribution is 0.601. The van der Waals surface area contributed by atoms with E-state index in [9.17, 15) is 8.42 Å². The number of aryl methyl sites for hydroxylation is 2. The van der Waals surface area contributed by atoms with Gasteiger partial charge in [0.1, 0.15) is 0 Å². The van der Waals surface area contributed by atoms with Crippen molar-refractivity contribution in [3.05, 3.63) is 58.1 Å². The van der Waals surface area contributed by atoms with Crippen LogP contribution in [0.1, 0.15) is 24.5 Å². The van der Waals surface area contributed by atoms with E-state index in [1.165, 1.54) is 0 Å². The monoisotopic (exact) mass is 367 g/mol. The van der Waals surface area contributed by atoms with E-state index in [4.69, 9.17) is 0 Å². The summed E-state index contributed by atoms with van der Waals surface area (Å²) in [6.45, 7) is 4.02. The Bertz CT molecular complexity index is 724. The summed E-state index contributed by atoms with van der Waals surface area (Å²) in [5, 5.41) is 0. The van der Waals surface area contributed by atoms with Crippen LogP contribution in [0, 0.1) is 6.92 Å². The maximum absolute atomic E-state index is 12.4. The summed E-state index contributed by atoms with van der Waals surface area (Å²) in [6.07, 6.45) is 2.00. The van der Waals surface area contributed by atoms with E-state index in [1.807, 2.05) is 31.2 Å². The van der Waals surface area contributed by atoms with Crippen LogP contribution in [0.4, 0.5) is 5.69 Å². The topological polar surface area (TPSA) is 46.2 Å².